The normalized spacial score (nSPS) is 11.7. The van der Waals surface area contributed by atoms with Gasteiger partial charge in [-0.1, -0.05) is 25.4 Å². The third-order valence-electron chi connectivity index (χ3n) is 3.57. The summed E-state index contributed by atoms with van der Waals surface area (Å²) in [4.78, 5) is 24.0. The molecular formula is C19H20ClNO4. The second kappa shape index (κ2) is 8.53. The number of amides is 1. The number of hydrogen-bond acceptors (Lipinski definition) is 4. The Hall–Kier alpha value is -2.53. The predicted octanol–water partition coefficient (Wildman–Crippen LogP) is 4.06. The van der Waals surface area contributed by atoms with Gasteiger partial charge in [0.15, 0.2) is 0 Å². The lowest BCUT2D eigenvalue weighted by atomic mass is 10.0. The molecule has 1 N–H and O–H groups in total. The van der Waals surface area contributed by atoms with E-state index in [2.05, 4.69) is 5.32 Å². The molecule has 1 amide bonds. The first-order valence-corrected chi connectivity index (χ1v) is 8.20. The fourth-order valence-corrected chi connectivity index (χ4v) is 2.29. The summed E-state index contributed by atoms with van der Waals surface area (Å²) in [5, 5.41) is 3.32. The molecule has 0 heterocycles. The summed E-state index contributed by atoms with van der Waals surface area (Å²) in [5.74, 6) is 0.344. The Morgan fingerprint density at radius 3 is 1.96 bits per heavy atom. The van der Waals surface area contributed by atoms with Crippen LogP contribution in [0.1, 0.15) is 24.2 Å². The van der Waals surface area contributed by atoms with Crippen LogP contribution in [0.15, 0.2) is 48.5 Å². The Morgan fingerprint density at radius 1 is 0.960 bits per heavy atom. The highest BCUT2D eigenvalue weighted by atomic mass is 35.5. The third-order valence-corrected chi connectivity index (χ3v) is 3.83. The van der Waals surface area contributed by atoms with Crippen molar-refractivity contribution in [1.29, 1.82) is 0 Å². The van der Waals surface area contributed by atoms with Crippen LogP contribution in [0.4, 0.5) is 0 Å². The first-order chi connectivity index (χ1) is 11.9. The lowest BCUT2D eigenvalue weighted by Gasteiger charge is -2.19. The number of halogens is 1. The summed E-state index contributed by atoms with van der Waals surface area (Å²) in [7, 11) is 1.30. The molecule has 0 aromatic heterocycles. The van der Waals surface area contributed by atoms with E-state index < -0.39 is 12.0 Å². The van der Waals surface area contributed by atoms with Gasteiger partial charge in [-0.15, -0.1) is 0 Å². The molecule has 0 unspecified atom stereocenters. The summed E-state index contributed by atoms with van der Waals surface area (Å²) < 4.78 is 10.4. The Balaban J connectivity index is 2.04. The van der Waals surface area contributed by atoms with Crippen molar-refractivity contribution < 1.29 is 19.1 Å². The van der Waals surface area contributed by atoms with Crippen molar-refractivity contribution in [2.45, 2.75) is 19.9 Å². The van der Waals surface area contributed by atoms with Crippen molar-refractivity contribution in [3.8, 4) is 11.5 Å². The van der Waals surface area contributed by atoms with Gasteiger partial charge < -0.3 is 14.8 Å². The molecule has 0 fully saturated rings. The van der Waals surface area contributed by atoms with E-state index in [1.807, 2.05) is 13.8 Å². The van der Waals surface area contributed by atoms with E-state index in [0.717, 1.165) is 0 Å². The van der Waals surface area contributed by atoms with E-state index in [0.29, 0.717) is 22.1 Å². The number of ether oxygens (including phenoxy) is 2. The van der Waals surface area contributed by atoms with E-state index in [4.69, 9.17) is 21.1 Å². The van der Waals surface area contributed by atoms with E-state index in [9.17, 15) is 9.59 Å². The highest BCUT2D eigenvalue weighted by molar-refractivity contribution is 6.30. The SMILES string of the molecule is COC(=O)[C@@H](NC(=O)c1ccc(Oc2ccc(Cl)cc2)cc1)C(C)C. The fourth-order valence-electron chi connectivity index (χ4n) is 2.16. The van der Waals surface area contributed by atoms with Gasteiger partial charge in [0.25, 0.3) is 5.91 Å². The first kappa shape index (κ1) is 18.8. The summed E-state index contributed by atoms with van der Waals surface area (Å²) in [5.41, 5.74) is 0.429. The average molecular weight is 362 g/mol. The molecule has 0 aliphatic carbocycles. The molecule has 0 aliphatic rings. The minimum atomic E-state index is -0.692. The van der Waals surface area contributed by atoms with Crippen LogP contribution in [0.5, 0.6) is 11.5 Å². The van der Waals surface area contributed by atoms with Gasteiger partial charge in [0.2, 0.25) is 0 Å². The molecule has 0 bridgehead atoms. The third kappa shape index (κ3) is 5.22. The van der Waals surface area contributed by atoms with Gasteiger partial charge in [-0.05, 0) is 54.4 Å². The summed E-state index contributed by atoms with van der Waals surface area (Å²) >= 11 is 5.83. The van der Waals surface area contributed by atoms with Crippen molar-refractivity contribution in [1.82, 2.24) is 5.32 Å². The Labute approximate surface area is 151 Å². The maximum absolute atomic E-state index is 12.3. The lowest BCUT2D eigenvalue weighted by molar-refractivity contribution is -0.144. The van der Waals surface area contributed by atoms with Gasteiger partial charge in [-0.2, -0.15) is 0 Å². The Morgan fingerprint density at radius 2 is 1.48 bits per heavy atom. The molecule has 0 aliphatic heterocycles. The topological polar surface area (TPSA) is 64.6 Å². The number of nitrogens with one attached hydrogen (secondary N) is 1. The average Bonchev–Trinajstić information content (AvgIpc) is 2.61. The number of esters is 1. The van der Waals surface area contributed by atoms with E-state index in [-0.39, 0.29) is 11.8 Å². The zero-order chi connectivity index (χ0) is 18.4. The molecule has 5 nitrogen and oxygen atoms in total. The van der Waals surface area contributed by atoms with Crippen molar-refractivity contribution in [2.75, 3.05) is 7.11 Å². The van der Waals surface area contributed by atoms with Crippen LogP contribution < -0.4 is 10.1 Å². The Bertz CT molecular complexity index is 726. The fraction of sp³-hybridized carbons (Fsp3) is 0.263. The van der Waals surface area contributed by atoms with Crippen LogP contribution in [-0.4, -0.2) is 25.0 Å². The minimum Gasteiger partial charge on any atom is -0.467 e. The van der Waals surface area contributed by atoms with Crippen molar-refractivity contribution in [3.05, 3.63) is 59.1 Å². The zero-order valence-corrected chi connectivity index (χ0v) is 15.0. The Kier molecular flexibility index (Phi) is 6.42. The predicted molar refractivity (Wildman–Crippen MR) is 96.1 cm³/mol. The number of methoxy groups -OCH3 is 1. The van der Waals surface area contributed by atoms with Crippen LogP contribution in [0.2, 0.25) is 5.02 Å². The van der Waals surface area contributed by atoms with Crippen molar-refractivity contribution in [3.63, 3.8) is 0 Å². The molecule has 25 heavy (non-hydrogen) atoms. The number of carbonyl (C=O) groups is 2. The number of benzene rings is 2. The van der Waals surface area contributed by atoms with Crippen LogP contribution in [0.25, 0.3) is 0 Å². The van der Waals surface area contributed by atoms with E-state index in [1.165, 1.54) is 7.11 Å². The number of hydrogen-bond donors (Lipinski definition) is 1. The molecular weight excluding hydrogens is 342 g/mol. The maximum atomic E-state index is 12.3. The van der Waals surface area contributed by atoms with Gasteiger partial charge in [0, 0.05) is 10.6 Å². The van der Waals surface area contributed by atoms with Crippen LogP contribution >= 0.6 is 11.6 Å². The molecule has 0 saturated heterocycles. The molecule has 0 spiro atoms. The van der Waals surface area contributed by atoms with E-state index in [1.54, 1.807) is 48.5 Å². The zero-order valence-electron chi connectivity index (χ0n) is 14.3. The van der Waals surface area contributed by atoms with Crippen LogP contribution in [0.3, 0.4) is 0 Å². The second-order valence-electron chi connectivity index (χ2n) is 5.80. The van der Waals surface area contributed by atoms with E-state index >= 15 is 0 Å². The van der Waals surface area contributed by atoms with Gasteiger partial charge in [0.05, 0.1) is 7.11 Å². The largest absolute Gasteiger partial charge is 0.467 e. The molecule has 0 saturated carbocycles. The molecule has 6 heteroatoms. The monoisotopic (exact) mass is 361 g/mol. The molecule has 2 aromatic carbocycles. The molecule has 0 radical (unpaired) electrons. The highest BCUT2D eigenvalue weighted by Crippen LogP contribution is 2.23. The lowest BCUT2D eigenvalue weighted by Crippen LogP contribution is -2.45. The second-order valence-corrected chi connectivity index (χ2v) is 6.24. The molecule has 132 valence electrons. The number of rotatable bonds is 6. The first-order valence-electron chi connectivity index (χ1n) is 7.83. The maximum Gasteiger partial charge on any atom is 0.328 e. The minimum absolute atomic E-state index is 0.0797. The summed E-state index contributed by atoms with van der Waals surface area (Å²) in [6.45, 7) is 3.68. The summed E-state index contributed by atoms with van der Waals surface area (Å²) in [6.07, 6.45) is 0. The van der Waals surface area contributed by atoms with Gasteiger partial charge in [0.1, 0.15) is 17.5 Å². The molecule has 1 atom stereocenters. The molecule has 2 aromatic rings. The van der Waals surface area contributed by atoms with Crippen molar-refractivity contribution in [2.24, 2.45) is 5.92 Å². The van der Waals surface area contributed by atoms with Crippen molar-refractivity contribution >= 4 is 23.5 Å². The quantitative estimate of drug-likeness (QED) is 0.788. The summed E-state index contributed by atoms with van der Waals surface area (Å²) in [6, 6.07) is 12.9. The van der Waals surface area contributed by atoms with Crippen LogP contribution in [-0.2, 0) is 9.53 Å². The van der Waals surface area contributed by atoms with Gasteiger partial charge >= 0.3 is 5.97 Å². The standard InChI is InChI=1S/C19H20ClNO4/c1-12(2)17(19(23)24-3)21-18(22)13-4-8-15(9-5-13)25-16-10-6-14(20)7-11-16/h4-12,17H,1-3H3,(H,21,22)/t17-/m0/s1. The van der Waals surface area contributed by atoms with Gasteiger partial charge in [-0.3, -0.25) is 4.79 Å². The number of carbonyl (C=O) groups excluding carboxylic acids is 2. The molecule has 2 rings (SSSR count). The van der Waals surface area contributed by atoms with Gasteiger partial charge in [-0.25, -0.2) is 4.79 Å². The highest BCUT2D eigenvalue weighted by Gasteiger charge is 2.25. The van der Waals surface area contributed by atoms with Crippen LogP contribution in [0, 0.1) is 5.92 Å². The smallest absolute Gasteiger partial charge is 0.328 e.